The minimum Gasteiger partial charge on any atom is -0.481 e. The van der Waals surface area contributed by atoms with Gasteiger partial charge in [0.15, 0.2) is 0 Å². The Kier molecular flexibility index (Phi) is 5.18. The lowest BCUT2D eigenvalue weighted by atomic mass is 9.93. The molecule has 7 heteroatoms. The van der Waals surface area contributed by atoms with Crippen LogP contribution in [-0.4, -0.2) is 37.8 Å². The second-order valence-electron chi connectivity index (χ2n) is 11.0. The summed E-state index contributed by atoms with van der Waals surface area (Å²) < 4.78 is 17.1. The van der Waals surface area contributed by atoms with E-state index in [0.29, 0.717) is 41.3 Å². The summed E-state index contributed by atoms with van der Waals surface area (Å²) in [5, 5.41) is 9.21. The molecule has 4 aromatic rings. The predicted octanol–water partition coefficient (Wildman–Crippen LogP) is 5.97. The van der Waals surface area contributed by atoms with E-state index in [1.54, 1.807) is 12.3 Å². The molecule has 3 heterocycles. The van der Waals surface area contributed by atoms with E-state index >= 15 is 4.39 Å². The van der Waals surface area contributed by atoms with Gasteiger partial charge in [-0.05, 0) is 84.9 Å². The van der Waals surface area contributed by atoms with E-state index in [0.717, 1.165) is 30.5 Å². The minimum absolute atomic E-state index is 0.000922. The maximum absolute atomic E-state index is 15.2. The minimum atomic E-state index is -0.832. The van der Waals surface area contributed by atoms with Crippen molar-refractivity contribution in [3.05, 3.63) is 94.6 Å². The Labute approximate surface area is 219 Å². The molecule has 7 rings (SSSR count). The zero-order valence-electron chi connectivity index (χ0n) is 21.1. The van der Waals surface area contributed by atoms with Gasteiger partial charge in [0.25, 0.3) is 5.91 Å². The number of nitrogens with zero attached hydrogens (tertiary/aromatic N) is 3. The molecule has 38 heavy (non-hydrogen) atoms. The van der Waals surface area contributed by atoms with Crippen LogP contribution in [-0.2, 0) is 11.2 Å². The fourth-order valence-corrected chi connectivity index (χ4v) is 6.09. The SMILES string of the molecule is C[C@@H]1c2ccccc2CCN1C(=O)c1cc(C2CC2)c2nc(-c3ccc([C@@H]4C[C@H]4C(=O)O)cc3F)cn2c1. The molecule has 0 saturated heterocycles. The van der Waals surface area contributed by atoms with Crippen molar-refractivity contribution in [2.24, 2.45) is 5.92 Å². The fraction of sp³-hybridized carbons (Fsp3) is 0.323. The average Bonchev–Trinajstić information content (AvgIpc) is 3.84. The number of carbonyl (C=O) groups excluding carboxylic acids is 1. The molecular formula is C31H28FN3O3. The Bertz CT molecular complexity index is 1620. The molecule has 3 atom stereocenters. The van der Waals surface area contributed by atoms with Gasteiger partial charge in [-0.25, -0.2) is 9.37 Å². The molecule has 1 N–H and O–H groups in total. The molecular weight excluding hydrogens is 481 g/mol. The first-order valence-corrected chi connectivity index (χ1v) is 13.3. The van der Waals surface area contributed by atoms with Crippen LogP contribution < -0.4 is 0 Å². The van der Waals surface area contributed by atoms with Gasteiger partial charge in [0, 0.05) is 24.5 Å². The third-order valence-corrected chi connectivity index (χ3v) is 8.50. The second-order valence-corrected chi connectivity index (χ2v) is 11.0. The number of carbonyl (C=O) groups is 2. The van der Waals surface area contributed by atoms with Crippen molar-refractivity contribution in [1.82, 2.24) is 14.3 Å². The van der Waals surface area contributed by atoms with Crippen LogP contribution in [0.3, 0.4) is 0 Å². The Morgan fingerprint density at radius 2 is 1.87 bits per heavy atom. The first-order chi connectivity index (χ1) is 18.4. The molecule has 2 aromatic carbocycles. The van der Waals surface area contributed by atoms with E-state index in [4.69, 9.17) is 4.98 Å². The monoisotopic (exact) mass is 509 g/mol. The molecule has 2 saturated carbocycles. The highest BCUT2D eigenvalue weighted by Gasteiger charge is 2.44. The summed E-state index contributed by atoms with van der Waals surface area (Å²) in [6.45, 7) is 2.75. The van der Waals surface area contributed by atoms with Crippen LogP contribution >= 0.6 is 0 Å². The van der Waals surface area contributed by atoms with Crippen molar-refractivity contribution >= 4 is 17.5 Å². The highest BCUT2D eigenvalue weighted by Crippen LogP contribution is 2.48. The zero-order chi connectivity index (χ0) is 26.1. The van der Waals surface area contributed by atoms with Crippen molar-refractivity contribution < 1.29 is 19.1 Å². The Balaban J connectivity index is 1.23. The lowest BCUT2D eigenvalue weighted by molar-refractivity contribution is -0.138. The van der Waals surface area contributed by atoms with Crippen LogP contribution in [0.5, 0.6) is 0 Å². The van der Waals surface area contributed by atoms with Crippen LogP contribution in [0.4, 0.5) is 4.39 Å². The maximum atomic E-state index is 15.2. The van der Waals surface area contributed by atoms with Gasteiger partial charge in [-0.1, -0.05) is 30.3 Å². The number of amides is 1. The summed E-state index contributed by atoms with van der Waals surface area (Å²) in [5.41, 5.74) is 6.50. The number of pyridine rings is 1. The van der Waals surface area contributed by atoms with E-state index in [1.165, 1.54) is 17.2 Å². The molecule has 0 unspecified atom stereocenters. The highest BCUT2D eigenvalue weighted by atomic mass is 19.1. The molecule has 0 radical (unpaired) electrons. The number of fused-ring (bicyclic) bond motifs is 2. The number of halogens is 1. The first kappa shape index (κ1) is 23.1. The van der Waals surface area contributed by atoms with Crippen LogP contribution in [0.25, 0.3) is 16.9 Å². The van der Waals surface area contributed by atoms with Crippen LogP contribution in [0.15, 0.2) is 60.9 Å². The summed E-state index contributed by atoms with van der Waals surface area (Å²) in [6.07, 6.45) is 7.10. The number of carboxylic acid groups (broad SMARTS) is 1. The zero-order valence-corrected chi connectivity index (χ0v) is 21.1. The maximum Gasteiger partial charge on any atom is 0.307 e. The van der Waals surface area contributed by atoms with Gasteiger partial charge < -0.3 is 14.4 Å². The van der Waals surface area contributed by atoms with Gasteiger partial charge in [0.05, 0.1) is 23.2 Å². The van der Waals surface area contributed by atoms with Crippen LogP contribution in [0, 0.1) is 11.7 Å². The molecule has 6 nitrogen and oxygen atoms in total. The normalized spacial score (nSPS) is 22.4. The Hall–Kier alpha value is -4.00. The van der Waals surface area contributed by atoms with Gasteiger partial charge in [0.2, 0.25) is 0 Å². The number of carboxylic acids is 1. The van der Waals surface area contributed by atoms with E-state index in [-0.39, 0.29) is 17.9 Å². The highest BCUT2D eigenvalue weighted by molar-refractivity contribution is 5.95. The molecule has 3 aliphatic rings. The summed E-state index contributed by atoms with van der Waals surface area (Å²) in [7, 11) is 0. The van der Waals surface area contributed by atoms with Crippen molar-refractivity contribution in [3.8, 4) is 11.3 Å². The number of hydrogen-bond acceptors (Lipinski definition) is 3. The number of aliphatic carboxylic acids is 1. The molecule has 0 spiro atoms. The first-order valence-electron chi connectivity index (χ1n) is 13.3. The lowest BCUT2D eigenvalue weighted by Crippen LogP contribution is -2.39. The summed E-state index contributed by atoms with van der Waals surface area (Å²) in [4.78, 5) is 31.7. The smallest absolute Gasteiger partial charge is 0.307 e. The largest absolute Gasteiger partial charge is 0.481 e. The second kappa shape index (κ2) is 8.51. The van der Waals surface area contributed by atoms with Gasteiger partial charge in [0.1, 0.15) is 11.5 Å². The molecule has 1 amide bonds. The Morgan fingerprint density at radius 3 is 2.61 bits per heavy atom. The third kappa shape index (κ3) is 3.80. The van der Waals surface area contributed by atoms with Gasteiger partial charge >= 0.3 is 5.97 Å². The number of hydrogen-bond donors (Lipinski definition) is 1. The van der Waals surface area contributed by atoms with Crippen molar-refractivity contribution in [2.45, 2.75) is 50.5 Å². The summed E-state index contributed by atoms with van der Waals surface area (Å²) in [5.74, 6) is -1.44. The van der Waals surface area contributed by atoms with Crippen LogP contribution in [0.1, 0.15) is 76.7 Å². The number of rotatable bonds is 5. The number of benzene rings is 2. The standard InChI is InChI=1S/C31H28FN3O3/c1-17-22-5-3-2-4-18(22)10-11-35(17)30(36)21-12-25(19-6-7-19)29-33-28(16-34(29)15-21)23-9-8-20(13-27(23)32)24-14-26(24)31(37)38/h2-5,8-9,12-13,15-17,19,24,26H,6-7,10-11,14H2,1H3,(H,37,38)/t17-,24+,26-/m1/s1. The average molecular weight is 510 g/mol. The molecule has 2 fully saturated rings. The molecule has 1 aliphatic heterocycles. The van der Waals surface area contributed by atoms with E-state index in [9.17, 15) is 14.7 Å². The van der Waals surface area contributed by atoms with Crippen LogP contribution in [0.2, 0.25) is 0 Å². The number of imidazole rings is 1. The van der Waals surface area contributed by atoms with Gasteiger partial charge in [-0.15, -0.1) is 0 Å². The number of aromatic nitrogens is 2. The van der Waals surface area contributed by atoms with Gasteiger partial charge in [-0.3, -0.25) is 9.59 Å². The third-order valence-electron chi connectivity index (χ3n) is 8.50. The molecule has 0 bridgehead atoms. The molecule has 2 aromatic heterocycles. The lowest BCUT2D eigenvalue weighted by Gasteiger charge is -2.35. The summed E-state index contributed by atoms with van der Waals surface area (Å²) >= 11 is 0. The fourth-order valence-electron chi connectivity index (χ4n) is 6.09. The summed E-state index contributed by atoms with van der Waals surface area (Å²) in [6, 6.07) is 15.2. The quantitative estimate of drug-likeness (QED) is 0.360. The van der Waals surface area contributed by atoms with E-state index in [1.807, 2.05) is 39.8 Å². The van der Waals surface area contributed by atoms with Crippen molar-refractivity contribution in [3.63, 3.8) is 0 Å². The van der Waals surface area contributed by atoms with E-state index in [2.05, 4.69) is 19.1 Å². The Morgan fingerprint density at radius 1 is 1.05 bits per heavy atom. The predicted molar refractivity (Wildman–Crippen MR) is 141 cm³/mol. The topological polar surface area (TPSA) is 74.9 Å². The van der Waals surface area contributed by atoms with Crippen molar-refractivity contribution in [1.29, 1.82) is 0 Å². The molecule has 192 valence electrons. The molecule has 2 aliphatic carbocycles. The van der Waals surface area contributed by atoms with Gasteiger partial charge in [-0.2, -0.15) is 0 Å². The van der Waals surface area contributed by atoms with E-state index < -0.39 is 17.7 Å². The van der Waals surface area contributed by atoms with Crippen molar-refractivity contribution in [2.75, 3.05) is 6.54 Å².